The summed E-state index contributed by atoms with van der Waals surface area (Å²) in [5, 5.41) is 2.59. The van der Waals surface area contributed by atoms with Crippen molar-refractivity contribution in [1.29, 1.82) is 0 Å². The zero-order valence-corrected chi connectivity index (χ0v) is 23.0. The minimum absolute atomic E-state index is 0.406. The quantitative estimate of drug-likeness (QED) is 0.212. The van der Waals surface area contributed by atoms with Crippen molar-refractivity contribution in [2.24, 2.45) is 0 Å². The van der Waals surface area contributed by atoms with Crippen LogP contribution in [0.5, 0.6) is 0 Å². The zero-order valence-electron chi connectivity index (χ0n) is 23.0. The lowest BCUT2D eigenvalue weighted by Crippen LogP contribution is -2.29. The molecule has 40 heavy (non-hydrogen) atoms. The van der Waals surface area contributed by atoms with Crippen molar-refractivity contribution in [2.45, 2.75) is 38.6 Å². The maximum atomic E-state index is 2.56. The first kappa shape index (κ1) is 23.3. The third-order valence-electron chi connectivity index (χ3n) is 9.11. The fourth-order valence-electron chi connectivity index (χ4n) is 7.30. The van der Waals surface area contributed by atoms with E-state index in [0.717, 1.165) is 0 Å². The summed E-state index contributed by atoms with van der Waals surface area (Å²) in [6, 6.07) is 40.8. The van der Waals surface area contributed by atoms with Crippen LogP contribution in [0.4, 0.5) is 11.4 Å². The lowest BCUT2D eigenvalue weighted by molar-refractivity contribution is 0.573. The van der Waals surface area contributed by atoms with Crippen LogP contribution in [0.3, 0.4) is 0 Å². The van der Waals surface area contributed by atoms with Gasteiger partial charge in [0.05, 0.1) is 17.1 Å². The summed E-state index contributed by atoms with van der Waals surface area (Å²) in [5.41, 5.74) is 13.0. The molecule has 0 bridgehead atoms. The molecule has 2 heterocycles. The van der Waals surface area contributed by atoms with E-state index in [1.165, 1.54) is 79.5 Å². The van der Waals surface area contributed by atoms with Gasteiger partial charge in [0.25, 0.3) is 0 Å². The number of nitrogens with zero attached hydrogens (tertiary/aromatic N) is 2. The molecule has 0 amide bonds. The number of anilines is 2. The molecule has 1 unspecified atom stereocenters. The Morgan fingerprint density at radius 2 is 1.23 bits per heavy atom. The Morgan fingerprint density at radius 1 is 0.625 bits per heavy atom. The fourth-order valence-corrected chi connectivity index (χ4v) is 7.30. The molecule has 1 aliphatic heterocycles. The molecule has 2 atom stereocenters. The molecule has 1 aromatic heterocycles. The van der Waals surface area contributed by atoms with E-state index in [4.69, 9.17) is 0 Å². The second-order valence-electron chi connectivity index (χ2n) is 11.4. The van der Waals surface area contributed by atoms with Crippen LogP contribution in [0.1, 0.15) is 35.4 Å². The van der Waals surface area contributed by atoms with Crippen LogP contribution < -0.4 is 4.90 Å². The number of benzene rings is 5. The summed E-state index contributed by atoms with van der Waals surface area (Å²) in [4.78, 5) is 2.56. The van der Waals surface area contributed by atoms with E-state index >= 15 is 0 Å². The molecule has 0 spiro atoms. The van der Waals surface area contributed by atoms with Gasteiger partial charge in [0.15, 0.2) is 0 Å². The molecule has 0 fully saturated rings. The molecule has 8 rings (SSSR count). The molecule has 0 saturated heterocycles. The van der Waals surface area contributed by atoms with Crippen LogP contribution in [-0.2, 0) is 0 Å². The highest BCUT2D eigenvalue weighted by molar-refractivity contribution is 6.09. The van der Waals surface area contributed by atoms with Crippen LogP contribution >= 0.6 is 0 Å². The van der Waals surface area contributed by atoms with Gasteiger partial charge in [0, 0.05) is 33.8 Å². The average Bonchev–Trinajstić information content (AvgIpc) is 3.51. The highest BCUT2D eigenvalue weighted by atomic mass is 15.2. The highest BCUT2D eigenvalue weighted by Crippen LogP contribution is 2.49. The Kier molecular flexibility index (Phi) is 5.25. The van der Waals surface area contributed by atoms with E-state index in [2.05, 4.69) is 145 Å². The molecule has 5 aromatic carbocycles. The Balaban J connectivity index is 1.20. The molecule has 6 aromatic rings. The number of aromatic nitrogens is 1. The van der Waals surface area contributed by atoms with Crippen LogP contribution in [0.25, 0.3) is 38.6 Å². The predicted octanol–water partition coefficient (Wildman–Crippen LogP) is 10.0. The highest BCUT2D eigenvalue weighted by Gasteiger charge is 2.38. The van der Waals surface area contributed by atoms with E-state index in [-0.39, 0.29) is 0 Å². The molecule has 0 saturated carbocycles. The van der Waals surface area contributed by atoms with Crippen molar-refractivity contribution in [1.82, 2.24) is 4.57 Å². The van der Waals surface area contributed by atoms with Gasteiger partial charge < -0.3 is 9.47 Å². The van der Waals surface area contributed by atoms with Gasteiger partial charge in [-0.3, -0.25) is 0 Å². The first-order valence-electron chi connectivity index (χ1n) is 14.4. The number of hydrogen-bond acceptors (Lipinski definition) is 1. The largest absolute Gasteiger partial charge is 0.334 e. The number of aryl methyl sites for hydroxylation is 2. The van der Waals surface area contributed by atoms with Gasteiger partial charge in [-0.25, -0.2) is 0 Å². The van der Waals surface area contributed by atoms with Gasteiger partial charge in [-0.1, -0.05) is 78.9 Å². The molecule has 2 heteroatoms. The van der Waals surface area contributed by atoms with Gasteiger partial charge in [-0.2, -0.15) is 0 Å². The van der Waals surface area contributed by atoms with E-state index in [0.29, 0.717) is 12.0 Å². The summed E-state index contributed by atoms with van der Waals surface area (Å²) in [6.45, 7) is 4.50. The van der Waals surface area contributed by atoms with Crippen molar-refractivity contribution in [3.8, 4) is 16.8 Å². The summed E-state index contributed by atoms with van der Waals surface area (Å²) in [7, 11) is 0. The van der Waals surface area contributed by atoms with Crippen LogP contribution in [0.2, 0.25) is 0 Å². The van der Waals surface area contributed by atoms with Gasteiger partial charge in [0.1, 0.15) is 0 Å². The average molecular weight is 517 g/mol. The van der Waals surface area contributed by atoms with Gasteiger partial charge in [-0.05, 0) is 97.0 Å². The second kappa shape index (κ2) is 8.99. The third kappa shape index (κ3) is 3.42. The third-order valence-corrected chi connectivity index (χ3v) is 9.11. The lowest BCUT2D eigenvalue weighted by atomic mass is 9.86. The van der Waals surface area contributed by atoms with Crippen molar-refractivity contribution >= 4 is 33.2 Å². The Bertz CT molecular complexity index is 1900. The summed E-state index contributed by atoms with van der Waals surface area (Å²) >= 11 is 0. The van der Waals surface area contributed by atoms with Gasteiger partial charge in [0.2, 0.25) is 0 Å². The maximum Gasteiger partial charge on any atom is 0.0591 e. The molecule has 194 valence electrons. The van der Waals surface area contributed by atoms with Crippen LogP contribution in [-0.4, -0.2) is 10.6 Å². The van der Waals surface area contributed by atoms with Crippen molar-refractivity contribution in [3.05, 3.63) is 138 Å². The van der Waals surface area contributed by atoms with Gasteiger partial charge >= 0.3 is 0 Å². The first-order chi connectivity index (χ1) is 19.7. The minimum Gasteiger partial charge on any atom is -0.334 e. The standard InChI is InChI=1S/C38H32N2/c1-25-23-27(39-35-15-7-3-11-31(35)32-12-4-8-16-36(32)39)19-21-29(25)30-22-20-28(24-26(30)2)40-37-17-9-5-13-33(37)34-14-6-10-18-38(34)40/h3-5,7-13,15-24,34,38H,6,14H2,1-2H3/t34-,38?/m1/s1. The second-order valence-corrected chi connectivity index (χ2v) is 11.4. The number of rotatable bonds is 3. The molecule has 1 aliphatic carbocycles. The normalized spacial score (nSPS) is 17.9. The zero-order chi connectivity index (χ0) is 26.8. The van der Waals surface area contributed by atoms with Crippen molar-refractivity contribution < 1.29 is 0 Å². The van der Waals surface area contributed by atoms with Crippen molar-refractivity contribution in [2.75, 3.05) is 4.90 Å². The molecule has 2 nitrogen and oxygen atoms in total. The lowest BCUT2D eigenvalue weighted by Gasteiger charge is -2.31. The summed E-state index contributed by atoms with van der Waals surface area (Å²) < 4.78 is 2.40. The molecule has 0 radical (unpaired) electrons. The van der Waals surface area contributed by atoms with Crippen molar-refractivity contribution in [3.63, 3.8) is 0 Å². The smallest absolute Gasteiger partial charge is 0.0591 e. The Hall–Kier alpha value is -4.56. The van der Waals surface area contributed by atoms with Crippen LogP contribution in [0, 0.1) is 13.8 Å². The summed E-state index contributed by atoms with van der Waals surface area (Å²) in [5.74, 6) is 0.580. The summed E-state index contributed by atoms with van der Waals surface area (Å²) in [6.07, 6.45) is 7.19. The Morgan fingerprint density at radius 3 is 1.93 bits per heavy atom. The predicted molar refractivity (Wildman–Crippen MR) is 169 cm³/mol. The van der Waals surface area contributed by atoms with E-state index < -0.39 is 0 Å². The number of fused-ring (bicyclic) bond motifs is 6. The van der Waals surface area contributed by atoms with Crippen LogP contribution in [0.15, 0.2) is 121 Å². The van der Waals surface area contributed by atoms with E-state index in [1.54, 1.807) is 0 Å². The van der Waals surface area contributed by atoms with E-state index in [1.807, 2.05) is 0 Å². The van der Waals surface area contributed by atoms with E-state index in [9.17, 15) is 0 Å². The molecular formula is C38H32N2. The Labute approximate surface area is 235 Å². The topological polar surface area (TPSA) is 8.17 Å². The first-order valence-corrected chi connectivity index (χ1v) is 14.4. The number of hydrogen-bond donors (Lipinski definition) is 0. The molecular weight excluding hydrogens is 484 g/mol. The molecule has 0 N–H and O–H groups in total. The number of allylic oxidation sites excluding steroid dienone is 1. The fraction of sp³-hybridized carbons (Fsp3) is 0.158. The molecule has 2 aliphatic rings. The van der Waals surface area contributed by atoms with Gasteiger partial charge in [-0.15, -0.1) is 0 Å². The number of para-hydroxylation sites is 3. The monoisotopic (exact) mass is 516 g/mol. The SMILES string of the molecule is Cc1cc(N2c3ccccc3[C@H]3CCC=CC32)ccc1-c1ccc(-n2c3ccccc3c3ccccc32)cc1C. The maximum absolute atomic E-state index is 2.56. The minimum atomic E-state index is 0.406.